The highest BCUT2D eigenvalue weighted by atomic mass is 19.1. The number of allylic oxidation sites excluding steroid dienone is 3. The molecule has 0 bridgehead atoms. The number of hydrogen-bond donors (Lipinski definition) is 2. The lowest BCUT2D eigenvalue weighted by Gasteiger charge is -2.29. The van der Waals surface area contributed by atoms with Crippen LogP contribution in [0.5, 0.6) is 17.2 Å². The number of aryl methyl sites for hydroxylation is 1. The Kier molecular flexibility index (Phi) is 7.98. The van der Waals surface area contributed by atoms with Crippen LogP contribution in [-0.4, -0.2) is 53.8 Å². The second-order valence-electron chi connectivity index (χ2n) is 10.4. The van der Waals surface area contributed by atoms with E-state index in [2.05, 4.69) is 16.3 Å². The number of phenols is 1. The fourth-order valence-corrected chi connectivity index (χ4v) is 5.86. The number of likely N-dealkylation sites (tertiary alicyclic amines) is 1. The fraction of sp³-hybridized carbons (Fsp3) is 0.344. The van der Waals surface area contributed by atoms with Gasteiger partial charge >= 0.3 is 0 Å². The minimum absolute atomic E-state index is 0.0451. The average molecular weight is 546 g/mol. The van der Waals surface area contributed by atoms with Crippen LogP contribution in [0.4, 0.5) is 4.39 Å². The van der Waals surface area contributed by atoms with Crippen LogP contribution in [0.25, 0.3) is 11.1 Å². The number of aromatic nitrogens is 1. The highest BCUT2D eigenvalue weighted by molar-refractivity contribution is 6.07. The first-order chi connectivity index (χ1) is 19.3. The number of rotatable bonds is 9. The van der Waals surface area contributed by atoms with Gasteiger partial charge in [0, 0.05) is 18.9 Å². The number of hydrogen-bond acceptors (Lipinski definition) is 5. The molecule has 0 spiro atoms. The first-order valence-corrected chi connectivity index (χ1v) is 13.6. The van der Waals surface area contributed by atoms with Crippen LogP contribution in [0.1, 0.15) is 42.1 Å². The molecule has 7 nitrogen and oxygen atoms in total. The average Bonchev–Trinajstić information content (AvgIpc) is 3.68. The summed E-state index contributed by atoms with van der Waals surface area (Å²) >= 11 is 0. The van der Waals surface area contributed by atoms with Crippen molar-refractivity contribution in [2.24, 2.45) is 7.05 Å². The Morgan fingerprint density at radius 3 is 2.42 bits per heavy atom. The van der Waals surface area contributed by atoms with E-state index in [-0.39, 0.29) is 17.5 Å². The molecule has 1 atom stereocenters. The van der Waals surface area contributed by atoms with Crippen LogP contribution in [0.3, 0.4) is 0 Å². The molecule has 5 rings (SSSR count). The summed E-state index contributed by atoms with van der Waals surface area (Å²) in [5.74, 6) is 0.207. The first kappa shape index (κ1) is 27.5. The number of phenolic OH excluding ortho intramolecular Hbond substituents is 1. The number of carbonyl (C=O) groups is 1. The Labute approximate surface area is 234 Å². The summed E-state index contributed by atoms with van der Waals surface area (Å²) in [6, 6.07) is 11.8. The van der Waals surface area contributed by atoms with Crippen LogP contribution in [0.2, 0.25) is 0 Å². The summed E-state index contributed by atoms with van der Waals surface area (Å²) in [6.45, 7) is 4.07. The molecule has 2 heterocycles. The number of amides is 1. The molecule has 0 saturated carbocycles. The second-order valence-corrected chi connectivity index (χ2v) is 10.4. The molecule has 1 saturated heterocycles. The maximum atomic E-state index is 14.7. The number of aromatic hydroxyl groups is 1. The van der Waals surface area contributed by atoms with Crippen molar-refractivity contribution >= 4 is 17.1 Å². The van der Waals surface area contributed by atoms with E-state index in [4.69, 9.17) is 9.47 Å². The molecular formula is C32H36FN3O4. The van der Waals surface area contributed by atoms with Gasteiger partial charge in [-0.2, -0.15) is 0 Å². The van der Waals surface area contributed by atoms with Crippen molar-refractivity contribution in [3.63, 3.8) is 0 Å². The molecule has 1 unspecified atom stereocenters. The van der Waals surface area contributed by atoms with E-state index < -0.39 is 6.04 Å². The summed E-state index contributed by atoms with van der Waals surface area (Å²) in [7, 11) is 4.95. The zero-order valence-corrected chi connectivity index (χ0v) is 23.5. The van der Waals surface area contributed by atoms with Crippen molar-refractivity contribution in [3.05, 3.63) is 88.5 Å². The van der Waals surface area contributed by atoms with E-state index in [9.17, 15) is 14.3 Å². The Bertz CT molecular complexity index is 1460. The summed E-state index contributed by atoms with van der Waals surface area (Å²) in [5, 5.41) is 13.5. The van der Waals surface area contributed by atoms with Gasteiger partial charge in [0.15, 0.2) is 11.5 Å². The summed E-state index contributed by atoms with van der Waals surface area (Å²) in [4.78, 5) is 16.1. The molecule has 210 valence electrons. The number of nitrogens with zero attached hydrogens (tertiary/aromatic N) is 2. The molecule has 8 heteroatoms. The maximum absolute atomic E-state index is 14.7. The highest BCUT2D eigenvalue weighted by Crippen LogP contribution is 2.45. The Morgan fingerprint density at radius 1 is 1.10 bits per heavy atom. The van der Waals surface area contributed by atoms with E-state index >= 15 is 0 Å². The normalized spacial score (nSPS) is 16.9. The Morgan fingerprint density at radius 2 is 1.80 bits per heavy atom. The van der Waals surface area contributed by atoms with Crippen molar-refractivity contribution in [2.75, 3.05) is 27.3 Å². The van der Waals surface area contributed by atoms with Gasteiger partial charge in [-0.25, -0.2) is 4.39 Å². The molecule has 3 aromatic rings. The zero-order chi connectivity index (χ0) is 28.4. The van der Waals surface area contributed by atoms with Crippen molar-refractivity contribution in [1.29, 1.82) is 0 Å². The lowest BCUT2D eigenvalue weighted by molar-refractivity contribution is -0.124. The monoisotopic (exact) mass is 545 g/mol. The Balaban J connectivity index is 1.54. The van der Waals surface area contributed by atoms with Crippen molar-refractivity contribution in [2.45, 2.75) is 38.8 Å². The molecule has 1 aliphatic carbocycles. The minimum atomic E-state index is -0.525. The standard InChI is InChI=1S/C32H36FN3O4/c1-20-24(11-9-21-16-27(39-3)31(37)28(17-21)40-4)25-12-10-22(33)18-26(25)29(20)30(36-14-5-6-15-36)32(38)34-19-23-8-7-13-35(23)2/h7-8,10-13,16-18,30,37H,5-6,9,14-15,19H2,1-4H3,(H,34,38)/b24-11-. The third kappa shape index (κ3) is 5.23. The highest BCUT2D eigenvalue weighted by Gasteiger charge is 2.38. The number of nitrogens with one attached hydrogen (secondary N) is 1. The van der Waals surface area contributed by atoms with E-state index in [1.54, 1.807) is 24.3 Å². The lowest BCUT2D eigenvalue weighted by atomic mass is 9.96. The van der Waals surface area contributed by atoms with E-state index in [0.717, 1.165) is 65.0 Å². The summed E-state index contributed by atoms with van der Waals surface area (Å²) < 4.78 is 27.3. The third-order valence-electron chi connectivity index (χ3n) is 7.97. The summed E-state index contributed by atoms with van der Waals surface area (Å²) in [6.07, 6.45) is 6.62. The molecule has 2 aromatic carbocycles. The smallest absolute Gasteiger partial charge is 0.242 e. The predicted octanol–water partition coefficient (Wildman–Crippen LogP) is 5.08. The van der Waals surface area contributed by atoms with Crippen LogP contribution in [-0.2, 0) is 24.8 Å². The van der Waals surface area contributed by atoms with Gasteiger partial charge < -0.3 is 24.5 Å². The number of halogens is 1. The predicted molar refractivity (Wildman–Crippen MR) is 154 cm³/mol. The molecular weight excluding hydrogens is 509 g/mol. The van der Waals surface area contributed by atoms with E-state index in [1.807, 2.05) is 36.9 Å². The van der Waals surface area contributed by atoms with Crippen LogP contribution in [0, 0.1) is 5.82 Å². The van der Waals surface area contributed by atoms with Gasteiger partial charge in [0.25, 0.3) is 0 Å². The van der Waals surface area contributed by atoms with Crippen molar-refractivity contribution in [3.8, 4) is 17.2 Å². The van der Waals surface area contributed by atoms with E-state index in [1.165, 1.54) is 20.3 Å². The van der Waals surface area contributed by atoms with Gasteiger partial charge in [-0.15, -0.1) is 0 Å². The number of benzene rings is 2. The number of ether oxygens (including phenoxy) is 2. The van der Waals surface area contributed by atoms with Gasteiger partial charge in [0.05, 0.1) is 20.8 Å². The van der Waals surface area contributed by atoms with Crippen LogP contribution in [0.15, 0.2) is 60.3 Å². The van der Waals surface area contributed by atoms with Crippen LogP contribution >= 0.6 is 0 Å². The van der Waals surface area contributed by atoms with Crippen molar-refractivity contribution in [1.82, 2.24) is 14.8 Å². The van der Waals surface area contributed by atoms with Gasteiger partial charge in [-0.3, -0.25) is 9.69 Å². The molecule has 40 heavy (non-hydrogen) atoms. The van der Waals surface area contributed by atoms with E-state index in [0.29, 0.717) is 24.5 Å². The summed E-state index contributed by atoms with van der Waals surface area (Å²) in [5.41, 5.74) is 6.35. The Hall–Kier alpha value is -4.04. The number of methoxy groups -OCH3 is 2. The quantitative estimate of drug-likeness (QED) is 0.392. The van der Waals surface area contributed by atoms with Gasteiger partial charge in [0.2, 0.25) is 11.7 Å². The zero-order valence-electron chi connectivity index (χ0n) is 23.5. The lowest BCUT2D eigenvalue weighted by Crippen LogP contribution is -2.46. The number of carbonyl (C=O) groups excluding carboxylic acids is 1. The molecule has 2 N–H and O–H groups in total. The third-order valence-corrected chi connectivity index (χ3v) is 7.97. The van der Waals surface area contributed by atoms with Gasteiger partial charge in [-0.1, -0.05) is 12.1 Å². The SMILES string of the molecule is COc1cc(C/C=C2/C(C)=C(C(C(=O)NCc3cccn3C)N3CCCC3)c3cc(F)ccc32)cc(OC)c1O. The van der Waals surface area contributed by atoms with Gasteiger partial charge in [0.1, 0.15) is 11.9 Å². The molecule has 1 aromatic heterocycles. The fourth-order valence-electron chi connectivity index (χ4n) is 5.86. The van der Waals surface area contributed by atoms with Crippen molar-refractivity contribution < 1.29 is 23.8 Å². The molecule has 1 amide bonds. The molecule has 1 aliphatic heterocycles. The molecule has 1 fully saturated rings. The maximum Gasteiger partial charge on any atom is 0.242 e. The van der Waals surface area contributed by atoms with Crippen LogP contribution < -0.4 is 14.8 Å². The topological polar surface area (TPSA) is 76.0 Å². The minimum Gasteiger partial charge on any atom is -0.502 e. The molecule has 2 aliphatic rings. The second kappa shape index (κ2) is 11.6. The number of fused-ring (bicyclic) bond motifs is 1. The molecule has 0 radical (unpaired) electrons. The largest absolute Gasteiger partial charge is 0.502 e. The van der Waals surface area contributed by atoms with Gasteiger partial charge in [-0.05, 0) is 109 Å². The first-order valence-electron chi connectivity index (χ1n) is 13.6.